The van der Waals surface area contributed by atoms with E-state index in [0.29, 0.717) is 12.3 Å². The Bertz CT molecular complexity index is 433. The van der Waals surface area contributed by atoms with E-state index in [2.05, 4.69) is 27.8 Å². The zero-order valence-electron chi connectivity index (χ0n) is 10.3. The van der Waals surface area contributed by atoms with Gasteiger partial charge in [0.25, 0.3) is 5.91 Å². The van der Waals surface area contributed by atoms with Crippen LogP contribution in [0.2, 0.25) is 0 Å². The fraction of sp³-hybridized carbons (Fsp3) is 0.308. The summed E-state index contributed by atoms with van der Waals surface area (Å²) in [4.78, 5) is 11.4. The number of nitrogens with one attached hydrogen (secondary N) is 1. The van der Waals surface area contributed by atoms with Crippen LogP contribution in [0.4, 0.5) is 0 Å². The van der Waals surface area contributed by atoms with Crippen LogP contribution in [0.25, 0.3) is 0 Å². The highest BCUT2D eigenvalue weighted by molar-refractivity contribution is 9.10. The Kier molecular flexibility index (Phi) is 5.88. The summed E-state index contributed by atoms with van der Waals surface area (Å²) in [5.41, 5.74) is 6.72. The molecule has 0 aliphatic carbocycles. The maximum atomic E-state index is 11.4. The van der Waals surface area contributed by atoms with Crippen molar-refractivity contribution in [2.75, 3.05) is 13.2 Å². The lowest BCUT2D eigenvalue weighted by atomic mass is 10.1. The lowest BCUT2D eigenvalue weighted by Crippen LogP contribution is -2.29. The average Bonchev–Trinajstić information content (AvgIpc) is 2.34. The summed E-state index contributed by atoms with van der Waals surface area (Å²) in [5.74, 6) is 0.440. The minimum Gasteiger partial charge on any atom is -0.483 e. The summed E-state index contributed by atoms with van der Waals surface area (Å²) in [6, 6.07) is 5.38. The van der Waals surface area contributed by atoms with Gasteiger partial charge in [-0.15, -0.1) is 6.58 Å². The average molecular weight is 313 g/mol. The molecule has 0 spiro atoms. The molecule has 18 heavy (non-hydrogen) atoms. The van der Waals surface area contributed by atoms with E-state index in [1.807, 2.05) is 19.1 Å². The molecule has 1 rings (SSSR count). The van der Waals surface area contributed by atoms with Gasteiger partial charge in [0.05, 0.1) is 0 Å². The topological polar surface area (TPSA) is 64.3 Å². The van der Waals surface area contributed by atoms with E-state index >= 15 is 0 Å². The van der Waals surface area contributed by atoms with E-state index in [-0.39, 0.29) is 18.6 Å². The van der Waals surface area contributed by atoms with Crippen molar-refractivity contribution in [2.24, 2.45) is 5.73 Å². The van der Waals surface area contributed by atoms with Gasteiger partial charge in [0, 0.05) is 22.6 Å². The van der Waals surface area contributed by atoms with Crippen LogP contribution in [0.1, 0.15) is 18.5 Å². The molecule has 1 aromatic rings. The van der Waals surface area contributed by atoms with Crippen molar-refractivity contribution in [3.63, 3.8) is 0 Å². The molecule has 5 heteroatoms. The third-order valence-corrected chi connectivity index (χ3v) is 2.76. The highest BCUT2D eigenvalue weighted by Gasteiger charge is 2.10. The zero-order valence-corrected chi connectivity index (χ0v) is 11.9. The molecule has 0 radical (unpaired) electrons. The number of hydrogen-bond donors (Lipinski definition) is 2. The van der Waals surface area contributed by atoms with Crippen molar-refractivity contribution < 1.29 is 9.53 Å². The summed E-state index contributed by atoms with van der Waals surface area (Å²) in [6.07, 6.45) is 1.62. The van der Waals surface area contributed by atoms with Gasteiger partial charge in [-0.1, -0.05) is 22.0 Å². The van der Waals surface area contributed by atoms with Crippen molar-refractivity contribution in [1.29, 1.82) is 0 Å². The molecule has 0 fully saturated rings. The molecule has 0 saturated heterocycles. The molecule has 98 valence electrons. The molecule has 0 aliphatic rings. The van der Waals surface area contributed by atoms with Gasteiger partial charge in [-0.2, -0.15) is 0 Å². The summed E-state index contributed by atoms with van der Waals surface area (Å²) in [7, 11) is 0. The largest absolute Gasteiger partial charge is 0.483 e. The highest BCUT2D eigenvalue weighted by atomic mass is 79.9. The number of halogens is 1. The molecule has 0 aromatic heterocycles. The fourth-order valence-corrected chi connectivity index (χ4v) is 1.77. The number of ether oxygens (including phenoxy) is 1. The van der Waals surface area contributed by atoms with Crippen molar-refractivity contribution >= 4 is 21.8 Å². The van der Waals surface area contributed by atoms with Gasteiger partial charge >= 0.3 is 0 Å². The van der Waals surface area contributed by atoms with Gasteiger partial charge in [-0.25, -0.2) is 0 Å². The summed E-state index contributed by atoms with van der Waals surface area (Å²) in [5, 5.41) is 2.64. The predicted molar refractivity (Wildman–Crippen MR) is 75.4 cm³/mol. The molecule has 4 nitrogen and oxygen atoms in total. The second kappa shape index (κ2) is 7.18. The van der Waals surface area contributed by atoms with Crippen LogP contribution in [-0.4, -0.2) is 19.1 Å². The smallest absolute Gasteiger partial charge is 0.258 e. The third-order valence-electron chi connectivity index (χ3n) is 2.26. The van der Waals surface area contributed by atoms with Gasteiger partial charge in [0.2, 0.25) is 0 Å². The van der Waals surface area contributed by atoms with Crippen LogP contribution in [0.15, 0.2) is 35.3 Å². The predicted octanol–water partition coefficient (Wildman–Crippen LogP) is 2.15. The molecule has 0 bridgehead atoms. The summed E-state index contributed by atoms with van der Waals surface area (Å²) in [6.45, 7) is 5.79. The normalized spacial score (nSPS) is 11.7. The molecule has 0 unspecified atom stereocenters. The van der Waals surface area contributed by atoms with E-state index in [0.717, 1.165) is 10.0 Å². The Morgan fingerprint density at radius 1 is 1.67 bits per heavy atom. The Hall–Kier alpha value is -1.33. The zero-order chi connectivity index (χ0) is 13.5. The fourth-order valence-electron chi connectivity index (χ4n) is 1.39. The first-order valence-corrected chi connectivity index (χ1v) is 6.39. The molecular weight excluding hydrogens is 296 g/mol. The third kappa shape index (κ3) is 4.50. The summed E-state index contributed by atoms with van der Waals surface area (Å²) >= 11 is 3.38. The van der Waals surface area contributed by atoms with Gasteiger partial charge in [-0.3, -0.25) is 4.79 Å². The van der Waals surface area contributed by atoms with Crippen LogP contribution < -0.4 is 15.8 Å². The molecule has 0 heterocycles. The molecule has 1 aromatic carbocycles. The Balaban J connectivity index is 2.66. The van der Waals surface area contributed by atoms with E-state index in [1.54, 1.807) is 12.1 Å². The Labute approximate surface area is 115 Å². The minimum atomic E-state index is -0.187. The number of amides is 1. The van der Waals surface area contributed by atoms with Crippen LogP contribution in [0, 0.1) is 0 Å². The second-order valence-electron chi connectivity index (χ2n) is 3.85. The number of carbonyl (C=O) groups excluding carboxylic acids is 1. The minimum absolute atomic E-state index is 0.0325. The number of rotatable bonds is 6. The second-order valence-corrected chi connectivity index (χ2v) is 4.77. The first-order valence-electron chi connectivity index (χ1n) is 5.60. The van der Waals surface area contributed by atoms with Crippen molar-refractivity contribution in [3.8, 4) is 5.75 Å². The van der Waals surface area contributed by atoms with Gasteiger partial charge in [-0.05, 0) is 25.1 Å². The number of benzene rings is 1. The Morgan fingerprint density at radius 3 is 3.00 bits per heavy atom. The quantitative estimate of drug-likeness (QED) is 0.791. The van der Waals surface area contributed by atoms with Gasteiger partial charge in [0.15, 0.2) is 6.61 Å². The molecule has 1 amide bonds. The van der Waals surface area contributed by atoms with Crippen LogP contribution >= 0.6 is 15.9 Å². The molecule has 0 saturated carbocycles. The maximum Gasteiger partial charge on any atom is 0.258 e. The van der Waals surface area contributed by atoms with Crippen LogP contribution in [-0.2, 0) is 4.79 Å². The lowest BCUT2D eigenvalue weighted by Gasteiger charge is -2.14. The van der Waals surface area contributed by atoms with Crippen molar-refractivity contribution in [1.82, 2.24) is 5.32 Å². The van der Waals surface area contributed by atoms with Crippen LogP contribution in [0.5, 0.6) is 5.75 Å². The molecular formula is C13H17BrN2O2. The monoisotopic (exact) mass is 312 g/mol. The standard InChI is InChI=1S/C13H17BrN2O2/c1-3-6-16-13(17)8-18-12-5-4-10(14)7-11(12)9(2)15/h3-5,7,9H,1,6,8,15H2,2H3,(H,16,17)/t9-/m1/s1. The lowest BCUT2D eigenvalue weighted by molar-refractivity contribution is -0.122. The maximum absolute atomic E-state index is 11.4. The Morgan fingerprint density at radius 2 is 2.39 bits per heavy atom. The van der Waals surface area contributed by atoms with E-state index in [9.17, 15) is 4.79 Å². The van der Waals surface area contributed by atoms with Gasteiger partial charge in [0.1, 0.15) is 5.75 Å². The molecule has 0 aliphatic heterocycles. The van der Waals surface area contributed by atoms with Gasteiger partial charge < -0.3 is 15.8 Å². The SMILES string of the molecule is C=CCNC(=O)COc1ccc(Br)cc1[C@@H](C)N. The first-order chi connectivity index (χ1) is 8.54. The van der Waals surface area contributed by atoms with E-state index in [1.165, 1.54) is 0 Å². The van der Waals surface area contributed by atoms with E-state index < -0.39 is 0 Å². The summed E-state index contributed by atoms with van der Waals surface area (Å²) < 4.78 is 6.39. The number of carbonyl (C=O) groups is 1. The first kappa shape index (κ1) is 14.7. The van der Waals surface area contributed by atoms with E-state index in [4.69, 9.17) is 10.5 Å². The molecule has 3 N–H and O–H groups in total. The van der Waals surface area contributed by atoms with Crippen molar-refractivity contribution in [2.45, 2.75) is 13.0 Å². The number of hydrogen-bond acceptors (Lipinski definition) is 3. The highest BCUT2D eigenvalue weighted by Crippen LogP contribution is 2.27. The number of nitrogens with two attached hydrogens (primary N) is 1. The van der Waals surface area contributed by atoms with Crippen molar-refractivity contribution in [3.05, 3.63) is 40.9 Å². The molecule has 1 atom stereocenters. The van der Waals surface area contributed by atoms with Crippen LogP contribution in [0.3, 0.4) is 0 Å².